The van der Waals surface area contributed by atoms with Crippen LogP contribution in [-0.2, 0) is 14.8 Å². The van der Waals surface area contributed by atoms with Crippen LogP contribution in [0.3, 0.4) is 0 Å². The second-order valence-electron chi connectivity index (χ2n) is 5.46. The summed E-state index contributed by atoms with van der Waals surface area (Å²) in [4.78, 5) is 27.1. The first-order chi connectivity index (χ1) is 11.6. The molecular weight excluding hydrogens is 364 g/mol. The fourth-order valence-electron chi connectivity index (χ4n) is 2.17. The van der Waals surface area contributed by atoms with E-state index in [1.807, 2.05) is 6.92 Å². The Morgan fingerprint density at radius 2 is 1.92 bits per heavy atom. The van der Waals surface area contributed by atoms with Crippen LogP contribution >= 0.6 is 11.3 Å². The van der Waals surface area contributed by atoms with E-state index in [1.54, 1.807) is 26.0 Å². The second-order valence-corrected chi connectivity index (χ2v) is 8.11. The van der Waals surface area contributed by atoms with Gasteiger partial charge >= 0.3 is 0 Å². The van der Waals surface area contributed by atoms with Gasteiger partial charge in [-0.1, -0.05) is 29.0 Å². The van der Waals surface area contributed by atoms with Crippen LogP contribution in [0.15, 0.2) is 23.1 Å². The van der Waals surface area contributed by atoms with Gasteiger partial charge < -0.3 is 11.1 Å². The zero-order chi connectivity index (χ0) is 18.8. The minimum Gasteiger partial charge on any atom is -0.368 e. The molecule has 1 aromatic heterocycles. The van der Waals surface area contributed by atoms with E-state index >= 15 is 0 Å². The van der Waals surface area contributed by atoms with Gasteiger partial charge in [0, 0.05) is 0 Å². The molecule has 0 saturated heterocycles. The van der Waals surface area contributed by atoms with Crippen molar-refractivity contribution >= 4 is 38.3 Å². The van der Waals surface area contributed by atoms with Crippen LogP contribution in [0.5, 0.6) is 0 Å². The molecule has 2 rings (SSSR count). The van der Waals surface area contributed by atoms with Gasteiger partial charge in [-0.15, -0.1) is 0 Å². The highest BCUT2D eigenvalue weighted by molar-refractivity contribution is 7.93. The summed E-state index contributed by atoms with van der Waals surface area (Å²) in [6.07, 6.45) is 0. The van der Waals surface area contributed by atoms with E-state index in [0.29, 0.717) is 11.3 Å². The highest BCUT2D eigenvalue weighted by atomic mass is 32.2. The van der Waals surface area contributed by atoms with Crippen LogP contribution in [0.25, 0.3) is 0 Å². The Bertz CT molecular complexity index is 935. The highest BCUT2D eigenvalue weighted by Crippen LogP contribution is 2.26. The third kappa shape index (κ3) is 4.54. The molecular formula is C15H18N4O4S2. The number of aryl methyl sites for hydroxylation is 3. The summed E-state index contributed by atoms with van der Waals surface area (Å²) < 4.78 is 27.4. The number of carbonyl (C=O) groups excluding carboxylic acids is 2. The first kappa shape index (κ1) is 18.9. The van der Waals surface area contributed by atoms with E-state index in [1.165, 1.54) is 6.07 Å². The van der Waals surface area contributed by atoms with Gasteiger partial charge in [-0.05, 0) is 32.4 Å². The predicted octanol–water partition coefficient (Wildman–Crippen LogP) is 1.08. The lowest BCUT2D eigenvalue weighted by molar-refractivity contribution is -0.117. The third-order valence-electron chi connectivity index (χ3n) is 3.27. The number of rotatable bonds is 6. The summed E-state index contributed by atoms with van der Waals surface area (Å²) in [5.41, 5.74) is 6.89. The van der Waals surface area contributed by atoms with E-state index in [4.69, 9.17) is 5.73 Å². The van der Waals surface area contributed by atoms with E-state index in [0.717, 1.165) is 16.9 Å². The Balaban J connectivity index is 2.24. The molecule has 1 heterocycles. The number of nitrogens with two attached hydrogens (primary N) is 1. The third-order valence-corrected chi connectivity index (χ3v) is 5.97. The number of primary amides is 1. The van der Waals surface area contributed by atoms with Gasteiger partial charge in [-0.25, -0.2) is 13.4 Å². The minimum absolute atomic E-state index is 0.0710. The van der Waals surface area contributed by atoms with Crippen LogP contribution in [0, 0.1) is 20.8 Å². The molecule has 0 radical (unpaired) electrons. The number of nitrogens with one attached hydrogen (secondary N) is 2. The number of nitrogens with zero attached hydrogens (tertiary/aromatic N) is 1. The smallest absolute Gasteiger partial charge is 0.263 e. The van der Waals surface area contributed by atoms with Crippen molar-refractivity contribution in [1.29, 1.82) is 0 Å². The molecule has 0 aliphatic heterocycles. The molecule has 134 valence electrons. The van der Waals surface area contributed by atoms with Crippen LogP contribution in [0.4, 0.5) is 5.13 Å². The second kappa shape index (κ2) is 7.19. The number of thiazole rings is 1. The van der Waals surface area contributed by atoms with Crippen LogP contribution < -0.4 is 15.8 Å². The average molecular weight is 382 g/mol. The molecule has 0 saturated carbocycles. The van der Waals surface area contributed by atoms with Crippen molar-refractivity contribution in [3.63, 3.8) is 0 Å². The molecule has 0 spiro atoms. The minimum atomic E-state index is -3.82. The van der Waals surface area contributed by atoms with Crippen LogP contribution in [0.2, 0.25) is 0 Å². The fourth-order valence-corrected chi connectivity index (χ4v) is 4.51. The Hall–Kier alpha value is -2.46. The Kier molecular flexibility index (Phi) is 5.43. The lowest BCUT2D eigenvalue weighted by atomic mass is 10.2. The standard InChI is InChI=1S/C15H18N4O4S2/c1-8-4-5-11(9(2)6-8)25(22,23)19-15-18-10(3)13(24-15)14(21)17-7-12(16)20/h4-6H,7H2,1-3H3,(H2,16,20)(H,17,21)(H,18,19). The van der Waals surface area contributed by atoms with E-state index in [9.17, 15) is 18.0 Å². The maximum atomic E-state index is 12.5. The summed E-state index contributed by atoms with van der Waals surface area (Å²) >= 11 is 0.884. The maximum Gasteiger partial charge on any atom is 0.263 e. The van der Waals surface area contributed by atoms with Crippen molar-refractivity contribution < 1.29 is 18.0 Å². The molecule has 2 amide bonds. The predicted molar refractivity (Wildman–Crippen MR) is 95.1 cm³/mol. The summed E-state index contributed by atoms with van der Waals surface area (Å²) in [5.74, 6) is -1.21. The van der Waals surface area contributed by atoms with Gasteiger partial charge in [0.1, 0.15) is 4.88 Å². The summed E-state index contributed by atoms with van der Waals surface area (Å²) in [6.45, 7) is 4.85. The van der Waals surface area contributed by atoms with Crippen molar-refractivity contribution in [3.05, 3.63) is 39.9 Å². The molecule has 0 aliphatic rings. The molecule has 0 atom stereocenters. The van der Waals surface area contributed by atoms with Gasteiger partial charge in [-0.3, -0.25) is 14.3 Å². The fraction of sp³-hybridized carbons (Fsp3) is 0.267. The van der Waals surface area contributed by atoms with E-state index in [2.05, 4.69) is 15.0 Å². The number of amides is 2. The summed E-state index contributed by atoms with van der Waals surface area (Å²) in [5, 5.41) is 2.41. The first-order valence-electron chi connectivity index (χ1n) is 7.24. The molecule has 2 aromatic rings. The van der Waals surface area contributed by atoms with Crippen molar-refractivity contribution in [2.24, 2.45) is 5.73 Å². The van der Waals surface area contributed by atoms with Crippen LogP contribution in [0.1, 0.15) is 26.5 Å². The number of hydrogen-bond acceptors (Lipinski definition) is 6. The average Bonchev–Trinajstić information content (AvgIpc) is 2.84. The Labute approximate surface area is 149 Å². The molecule has 1 aromatic carbocycles. The molecule has 25 heavy (non-hydrogen) atoms. The van der Waals surface area contributed by atoms with Crippen molar-refractivity contribution in [1.82, 2.24) is 10.3 Å². The zero-order valence-corrected chi connectivity index (χ0v) is 15.5. The molecule has 0 bridgehead atoms. The van der Waals surface area contributed by atoms with Crippen molar-refractivity contribution in [2.45, 2.75) is 25.7 Å². The Morgan fingerprint density at radius 3 is 2.52 bits per heavy atom. The van der Waals surface area contributed by atoms with Gasteiger partial charge in [0.2, 0.25) is 5.91 Å². The largest absolute Gasteiger partial charge is 0.368 e. The van der Waals surface area contributed by atoms with Gasteiger partial charge in [0.15, 0.2) is 5.13 Å². The van der Waals surface area contributed by atoms with Gasteiger partial charge in [0.25, 0.3) is 15.9 Å². The lowest BCUT2D eigenvalue weighted by Crippen LogP contribution is -2.33. The number of sulfonamides is 1. The monoisotopic (exact) mass is 382 g/mol. The lowest BCUT2D eigenvalue weighted by Gasteiger charge is -2.08. The zero-order valence-electron chi connectivity index (χ0n) is 13.9. The number of benzene rings is 1. The quantitative estimate of drug-likeness (QED) is 0.688. The normalized spacial score (nSPS) is 11.2. The molecule has 0 aliphatic carbocycles. The van der Waals surface area contributed by atoms with Gasteiger partial charge in [-0.2, -0.15) is 0 Å². The number of aromatic nitrogens is 1. The molecule has 10 heteroatoms. The topological polar surface area (TPSA) is 131 Å². The SMILES string of the molecule is Cc1ccc(S(=O)(=O)Nc2nc(C)c(C(=O)NCC(N)=O)s2)c(C)c1. The van der Waals surface area contributed by atoms with E-state index in [-0.39, 0.29) is 21.4 Å². The van der Waals surface area contributed by atoms with E-state index < -0.39 is 21.8 Å². The number of anilines is 1. The number of hydrogen-bond donors (Lipinski definition) is 3. The Morgan fingerprint density at radius 1 is 1.24 bits per heavy atom. The molecule has 0 fully saturated rings. The maximum absolute atomic E-state index is 12.5. The molecule has 8 nitrogen and oxygen atoms in total. The number of carbonyl (C=O) groups is 2. The van der Waals surface area contributed by atoms with Crippen molar-refractivity contribution in [2.75, 3.05) is 11.3 Å². The first-order valence-corrected chi connectivity index (χ1v) is 9.54. The molecule has 0 unspecified atom stereocenters. The van der Waals surface area contributed by atoms with Crippen LogP contribution in [-0.4, -0.2) is 31.8 Å². The van der Waals surface area contributed by atoms with Gasteiger partial charge in [0.05, 0.1) is 17.1 Å². The molecule has 4 N–H and O–H groups in total. The highest BCUT2D eigenvalue weighted by Gasteiger charge is 2.21. The summed E-state index contributed by atoms with van der Waals surface area (Å²) in [7, 11) is -3.82. The van der Waals surface area contributed by atoms with Crippen molar-refractivity contribution in [3.8, 4) is 0 Å². The summed E-state index contributed by atoms with van der Waals surface area (Å²) in [6, 6.07) is 5.00.